The van der Waals surface area contributed by atoms with Gasteiger partial charge in [0.25, 0.3) is 0 Å². The fourth-order valence-corrected chi connectivity index (χ4v) is 3.45. The number of pyridine rings is 1. The van der Waals surface area contributed by atoms with E-state index in [1.54, 1.807) is 0 Å². The minimum Gasteiger partial charge on any atom is -0.361 e. The van der Waals surface area contributed by atoms with Gasteiger partial charge in [0.2, 0.25) is 0 Å². The molecule has 2 aromatic heterocycles. The molecule has 3 aromatic carbocycles. The van der Waals surface area contributed by atoms with Gasteiger partial charge in [-0.3, -0.25) is 0 Å². The normalized spacial score (nSPS) is 11.6. The molecule has 0 spiro atoms. The summed E-state index contributed by atoms with van der Waals surface area (Å²) >= 11 is 0. The standard InChI is InChI=1S/C25H18N2/c1-3-7-22(25-14-12-20-6-2-4-8-24(20)27-25)19(5-1)11-9-18-10-13-23-21(17-18)15-16-26-23/h1-17,26H/b11-9-. The zero-order valence-corrected chi connectivity index (χ0v) is 14.8. The lowest BCUT2D eigenvalue weighted by Gasteiger charge is -2.07. The Hall–Kier alpha value is -3.65. The molecule has 1 N–H and O–H groups in total. The maximum Gasteiger partial charge on any atom is 0.0715 e. The number of fused-ring (bicyclic) bond motifs is 2. The summed E-state index contributed by atoms with van der Waals surface area (Å²) in [5.74, 6) is 0. The molecule has 128 valence electrons. The first-order valence-corrected chi connectivity index (χ1v) is 9.07. The molecule has 5 aromatic rings. The Kier molecular flexibility index (Phi) is 3.80. The van der Waals surface area contributed by atoms with Crippen molar-refractivity contribution in [3.63, 3.8) is 0 Å². The molecule has 2 heteroatoms. The smallest absolute Gasteiger partial charge is 0.0715 e. The lowest BCUT2D eigenvalue weighted by atomic mass is 10.0. The highest BCUT2D eigenvalue weighted by atomic mass is 14.7. The Bertz CT molecular complexity index is 1280. The third-order valence-electron chi connectivity index (χ3n) is 4.87. The highest BCUT2D eigenvalue weighted by molar-refractivity contribution is 5.87. The zero-order valence-electron chi connectivity index (χ0n) is 14.8. The summed E-state index contributed by atoms with van der Waals surface area (Å²) in [5.41, 5.74) is 6.66. The Morgan fingerprint density at radius 2 is 1.59 bits per heavy atom. The summed E-state index contributed by atoms with van der Waals surface area (Å²) in [4.78, 5) is 8.09. The van der Waals surface area contributed by atoms with Crippen LogP contribution < -0.4 is 0 Å². The van der Waals surface area contributed by atoms with Crippen molar-refractivity contribution in [3.8, 4) is 11.3 Å². The maximum absolute atomic E-state index is 4.86. The number of aromatic amines is 1. The van der Waals surface area contributed by atoms with Crippen molar-refractivity contribution in [1.29, 1.82) is 0 Å². The van der Waals surface area contributed by atoms with Crippen LogP contribution in [0.4, 0.5) is 0 Å². The summed E-state index contributed by atoms with van der Waals surface area (Å²) in [6, 6.07) is 29.4. The molecule has 5 rings (SSSR count). The van der Waals surface area contributed by atoms with Gasteiger partial charge in [-0.1, -0.05) is 66.7 Å². The lowest BCUT2D eigenvalue weighted by Crippen LogP contribution is -1.88. The molecule has 0 bridgehead atoms. The molecule has 0 fully saturated rings. The van der Waals surface area contributed by atoms with Gasteiger partial charge >= 0.3 is 0 Å². The van der Waals surface area contributed by atoms with E-state index in [-0.39, 0.29) is 0 Å². The number of hydrogen-bond donors (Lipinski definition) is 1. The van der Waals surface area contributed by atoms with Crippen LogP contribution in [0.5, 0.6) is 0 Å². The van der Waals surface area contributed by atoms with Crippen molar-refractivity contribution in [3.05, 3.63) is 102 Å². The second-order valence-corrected chi connectivity index (χ2v) is 6.63. The number of benzene rings is 3. The minimum absolute atomic E-state index is 0.995. The molecular weight excluding hydrogens is 328 g/mol. The number of hydrogen-bond acceptors (Lipinski definition) is 1. The van der Waals surface area contributed by atoms with Gasteiger partial charge in [-0.15, -0.1) is 0 Å². The van der Waals surface area contributed by atoms with Crippen molar-refractivity contribution in [2.45, 2.75) is 0 Å². The van der Waals surface area contributed by atoms with E-state index in [4.69, 9.17) is 4.98 Å². The molecular formula is C25H18N2. The van der Waals surface area contributed by atoms with Gasteiger partial charge in [0.05, 0.1) is 11.2 Å². The zero-order chi connectivity index (χ0) is 18.1. The first kappa shape index (κ1) is 15.6. The number of H-pyrrole nitrogens is 1. The van der Waals surface area contributed by atoms with Gasteiger partial charge in [-0.2, -0.15) is 0 Å². The lowest BCUT2D eigenvalue weighted by molar-refractivity contribution is 1.39. The molecule has 0 saturated carbocycles. The monoisotopic (exact) mass is 346 g/mol. The van der Waals surface area contributed by atoms with Crippen molar-refractivity contribution in [2.75, 3.05) is 0 Å². The third kappa shape index (κ3) is 3.02. The van der Waals surface area contributed by atoms with Crippen LogP contribution in [0.25, 0.3) is 45.2 Å². The fraction of sp³-hybridized carbons (Fsp3) is 0. The van der Waals surface area contributed by atoms with Crippen LogP contribution in [0.3, 0.4) is 0 Å². The molecule has 0 unspecified atom stereocenters. The molecule has 27 heavy (non-hydrogen) atoms. The van der Waals surface area contributed by atoms with E-state index in [0.29, 0.717) is 0 Å². The van der Waals surface area contributed by atoms with E-state index in [9.17, 15) is 0 Å². The number of para-hydroxylation sites is 1. The van der Waals surface area contributed by atoms with E-state index >= 15 is 0 Å². The minimum atomic E-state index is 0.995. The number of nitrogens with zero attached hydrogens (tertiary/aromatic N) is 1. The average Bonchev–Trinajstić information content (AvgIpc) is 3.20. The van der Waals surface area contributed by atoms with Gasteiger partial charge in [-0.05, 0) is 46.8 Å². The number of rotatable bonds is 3. The topological polar surface area (TPSA) is 28.7 Å². The van der Waals surface area contributed by atoms with E-state index in [1.165, 1.54) is 10.9 Å². The van der Waals surface area contributed by atoms with E-state index in [1.807, 2.05) is 18.3 Å². The second-order valence-electron chi connectivity index (χ2n) is 6.63. The van der Waals surface area contributed by atoms with E-state index in [2.05, 4.69) is 89.9 Å². The molecule has 0 aliphatic heterocycles. The molecule has 2 nitrogen and oxygen atoms in total. The predicted molar refractivity (Wildman–Crippen MR) is 114 cm³/mol. The van der Waals surface area contributed by atoms with Crippen molar-refractivity contribution >= 4 is 34.0 Å². The van der Waals surface area contributed by atoms with Gasteiger partial charge in [0.1, 0.15) is 0 Å². The van der Waals surface area contributed by atoms with Crippen molar-refractivity contribution < 1.29 is 0 Å². The highest BCUT2D eigenvalue weighted by Crippen LogP contribution is 2.26. The molecule has 0 aliphatic carbocycles. The van der Waals surface area contributed by atoms with Gasteiger partial charge < -0.3 is 4.98 Å². The van der Waals surface area contributed by atoms with Gasteiger partial charge in [0.15, 0.2) is 0 Å². The van der Waals surface area contributed by atoms with E-state index < -0.39 is 0 Å². The quantitative estimate of drug-likeness (QED) is 0.368. The third-order valence-corrected chi connectivity index (χ3v) is 4.87. The molecule has 2 heterocycles. The second kappa shape index (κ2) is 6.58. The Morgan fingerprint density at radius 1 is 0.704 bits per heavy atom. The highest BCUT2D eigenvalue weighted by Gasteiger charge is 2.05. The van der Waals surface area contributed by atoms with Crippen LogP contribution in [0, 0.1) is 0 Å². The molecule has 0 saturated heterocycles. The van der Waals surface area contributed by atoms with Crippen molar-refractivity contribution in [2.24, 2.45) is 0 Å². The first-order valence-electron chi connectivity index (χ1n) is 9.07. The number of nitrogens with one attached hydrogen (secondary N) is 1. The van der Waals surface area contributed by atoms with E-state index in [0.717, 1.165) is 33.2 Å². The van der Waals surface area contributed by atoms with Crippen LogP contribution in [-0.4, -0.2) is 9.97 Å². The SMILES string of the molecule is C(=C/c1ccccc1-c1ccc2ccccc2n1)/c1ccc2[nH]ccc2c1. The predicted octanol–water partition coefficient (Wildman–Crippen LogP) is 6.55. The molecule has 0 atom stereocenters. The van der Waals surface area contributed by atoms with Crippen LogP contribution in [0.2, 0.25) is 0 Å². The Morgan fingerprint density at radius 3 is 2.59 bits per heavy atom. The Labute approximate surface area is 157 Å². The van der Waals surface area contributed by atoms with Gasteiger partial charge in [-0.25, -0.2) is 4.98 Å². The summed E-state index contributed by atoms with van der Waals surface area (Å²) in [7, 11) is 0. The van der Waals surface area contributed by atoms with Crippen molar-refractivity contribution in [1.82, 2.24) is 9.97 Å². The van der Waals surface area contributed by atoms with Crippen LogP contribution in [0.1, 0.15) is 11.1 Å². The summed E-state index contributed by atoms with van der Waals surface area (Å²) in [6.45, 7) is 0. The fourth-order valence-electron chi connectivity index (χ4n) is 3.45. The van der Waals surface area contributed by atoms with Gasteiger partial charge in [0, 0.05) is 22.7 Å². The van der Waals surface area contributed by atoms with Crippen LogP contribution >= 0.6 is 0 Å². The summed E-state index contributed by atoms with van der Waals surface area (Å²) in [6.07, 6.45) is 6.30. The molecule has 0 amide bonds. The molecule has 0 radical (unpaired) electrons. The van der Waals surface area contributed by atoms with Crippen LogP contribution in [0.15, 0.2) is 91.1 Å². The molecule has 0 aliphatic rings. The first-order chi connectivity index (χ1) is 13.4. The maximum atomic E-state index is 4.86. The summed E-state index contributed by atoms with van der Waals surface area (Å²) < 4.78 is 0. The average molecular weight is 346 g/mol. The summed E-state index contributed by atoms with van der Waals surface area (Å²) in [5, 5.41) is 2.38. The Balaban J connectivity index is 1.54. The number of aromatic nitrogens is 2. The van der Waals surface area contributed by atoms with Crippen LogP contribution in [-0.2, 0) is 0 Å². The largest absolute Gasteiger partial charge is 0.361 e.